The minimum atomic E-state index is -0.646. The predicted octanol–water partition coefficient (Wildman–Crippen LogP) is 8.61. The number of benzene rings is 4. The van der Waals surface area contributed by atoms with Crippen molar-refractivity contribution in [1.29, 1.82) is 0 Å². The fourth-order valence-electron chi connectivity index (χ4n) is 7.04. The fraction of sp³-hybridized carbons (Fsp3) is 0.179. The van der Waals surface area contributed by atoms with Crippen LogP contribution in [0.25, 0.3) is 17.0 Å². The molecule has 1 aliphatic rings. The largest absolute Gasteiger partial charge is 0.316 e. The number of carbonyl (C=O) groups is 1. The number of fused-ring (bicyclic) bond motifs is 3. The number of aromatic nitrogens is 3. The molecule has 0 fully saturated rings. The molecule has 4 aromatic carbocycles. The van der Waals surface area contributed by atoms with Crippen molar-refractivity contribution in [2.24, 2.45) is 0 Å². The van der Waals surface area contributed by atoms with Gasteiger partial charge in [-0.15, -0.1) is 0 Å². The Morgan fingerprint density at radius 3 is 1.91 bits per heavy atom. The van der Waals surface area contributed by atoms with Gasteiger partial charge in [-0.1, -0.05) is 123 Å². The molecular formula is C39H35N3O. The second kappa shape index (κ2) is 11.0. The first-order chi connectivity index (χ1) is 21.1. The molecular weight excluding hydrogens is 526 g/mol. The summed E-state index contributed by atoms with van der Waals surface area (Å²) in [7, 11) is 0. The quantitative estimate of drug-likeness (QED) is 0.145. The van der Waals surface area contributed by atoms with E-state index in [0.717, 1.165) is 58.4 Å². The molecule has 7 rings (SSSR count). The van der Waals surface area contributed by atoms with Gasteiger partial charge in [0.05, 0.1) is 17.5 Å². The van der Waals surface area contributed by atoms with Crippen LogP contribution in [0.4, 0.5) is 0 Å². The molecule has 0 aliphatic carbocycles. The number of nitrogens with zero attached hydrogens (tertiary/aromatic N) is 3. The van der Waals surface area contributed by atoms with Gasteiger partial charge in [0, 0.05) is 22.3 Å². The number of hydrogen-bond donors (Lipinski definition) is 0. The van der Waals surface area contributed by atoms with Crippen LogP contribution in [0.5, 0.6) is 0 Å². The molecule has 0 saturated heterocycles. The molecule has 3 heterocycles. The number of carbonyl (C=O) groups excluding carboxylic acids is 1. The van der Waals surface area contributed by atoms with Crippen LogP contribution in [0.2, 0.25) is 0 Å². The highest BCUT2D eigenvalue weighted by Gasteiger charge is 2.39. The second-order valence-corrected chi connectivity index (χ2v) is 11.4. The summed E-state index contributed by atoms with van der Waals surface area (Å²) >= 11 is 0. The highest BCUT2D eigenvalue weighted by atomic mass is 16.2. The summed E-state index contributed by atoms with van der Waals surface area (Å²) in [6.07, 6.45) is 7.57. The molecule has 4 nitrogen and oxygen atoms in total. The van der Waals surface area contributed by atoms with Gasteiger partial charge in [-0.2, -0.15) is 0 Å². The van der Waals surface area contributed by atoms with Gasteiger partial charge in [-0.3, -0.25) is 9.36 Å². The Kier molecular flexibility index (Phi) is 6.90. The maximum atomic E-state index is 14.1. The SMILES string of the molecule is CCCc1c2n(c3ccccc13)C(=O)C(=Cc1ncn(C(c3ccccc3)(c3ccccc3)c3ccccc3)c1C)CC2. The first-order valence-electron chi connectivity index (χ1n) is 15.2. The molecule has 0 amide bonds. The first kappa shape index (κ1) is 26.9. The van der Waals surface area contributed by atoms with E-state index in [1.165, 1.54) is 16.6 Å². The van der Waals surface area contributed by atoms with Gasteiger partial charge < -0.3 is 4.57 Å². The van der Waals surface area contributed by atoms with Crippen LogP contribution in [-0.2, 0) is 18.4 Å². The summed E-state index contributed by atoms with van der Waals surface area (Å²) in [5, 5.41) is 1.20. The molecule has 0 N–H and O–H groups in total. The number of para-hydroxylation sites is 1. The molecule has 6 aromatic rings. The van der Waals surface area contributed by atoms with Gasteiger partial charge >= 0.3 is 0 Å². The van der Waals surface area contributed by atoms with Crippen LogP contribution in [-0.4, -0.2) is 20.0 Å². The van der Waals surface area contributed by atoms with Crippen LogP contribution in [0, 0.1) is 6.92 Å². The Hall–Kier alpha value is -4.96. The molecule has 0 radical (unpaired) electrons. The minimum Gasteiger partial charge on any atom is -0.316 e. The Balaban J connectivity index is 1.40. The molecule has 0 saturated carbocycles. The van der Waals surface area contributed by atoms with Crippen LogP contribution in [0.15, 0.2) is 127 Å². The number of rotatable bonds is 7. The molecule has 0 atom stereocenters. The Bertz CT molecular complexity index is 1850. The van der Waals surface area contributed by atoms with Gasteiger partial charge in [-0.05, 0) is 60.6 Å². The summed E-state index contributed by atoms with van der Waals surface area (Å²) in [5.41, 5.74) is 8.93. The smallest absolute Gasteiger partial charge is 0.258 e. The maximum Gasteiger partial charge on any atom is 0.258 e. The lowest BCUT2D eigenvalue weighted by Gasteiger charge is -2.38. The minimum absolute atomic E-state index is 0.0641. The van der Waals surface area contributed by atoms with E-state index < -0.39 is 5.54 Å². The van der Waals surface area contributed by atoms with E-state index in [0.29, 0.717) is 6.42 Å². The lowest BCUT2D eigenvalue weighted by molar-refractivity contribution is 0.0946. The third kappa shape index (κ3) is 4.28. The Morgan fingerprint density at radius 1 is 0.767 bits per heavy atom. The molecule has 43 heavy (non-hydrogen) atoms. The van der Waals surface area contributed by atoms with Crippen LogP contribution in [0.1, 0.15) is 63.9 Å². The average Bonchev–Trinajstić information content (AvgIpc) is 3.58. The number of aryl methyl sites for hydroxylation is 1. The molecule has 2 aromatic heterocycles. The normalized spacial score (nSPS) is 14.4. The summed E-state index contributed by atoms with van der Waals surface area (Å²) in [6.45, 7) is 4.32. The Morgan fingerprint density at radius 2 is 1.33 bits per heavy atom. The molecule has 4 heteroatoms. The zero-order valence-electron chi connectivity index (χ0n) is 24.7. The van der Waals surface area contributed by atoms with Crippen molar-refractivity contribution in [3.8, 4) is 0 Å². The monoisotopic (exact) mass is 561 g/mol. The molecule has 212 valence electrons. The van der Waals surface area contributed by atoms with Gasteiger partial charge in [0.2, 0.25) is 0 Å². The second-order valence-electron chi connectivity index (χ2n) is 11.4. The molecule has 0 unspecified atom stereocenters. The maximum absolute atomic E-state index is 14.1. The third-order valence-corrected chi connectivity index (χ3v) is 8.99. The van der Waals surface area contributed by atoms with E-state index >= 15 is 0 Å². The van der Waals surface area contributed by atoms with Crippen molar-refractivity contribution in [2.45, 2.75) is 45.1 Å². The average molecular weight is 562 g/mol. The lowest BCUT2D eigenvalue weighted by Crippen LogP contribution is -2.38. The van der Waals surface area contributed by atoms with Crippen molar-refractivity contribution in [3.05, 3.63) is 166 Å². The van der Waals surface area contributed by atoms with Gasteiger partial charge in [-0.25, -0.2) is 4.98 Å². The van der Waals surface area contributed by atoms with Crippen LogP contribution in [0.3, 0.4) is 0 Å². The molecule has 1 aliphatic heterocycles. The van der Waals surface area contributed by atoms with E-state index in [2.05, 4.69) is 128 Å². The van der Waals surface area contributed by atoms with Gasteiger partial charge in [0.15, 0.2) is 0 Å². The zero-order valence-corrected chi connectivity index (χ0v) is 24.7. The van der Waals surface area contributed by atoms with Crippen molar-refractivity contribution in [1.82, 2.24) is 14.1 Å². The van der Waals surface area contributed by atoms with Crippen molar-refractivity contribution >= 4 is 22.9 Å². The van der Waals surface area contributed by atoms with Crippen molar-refractivity contribution in [3.63, 3.8) is 0 Å². The lowest BCUT2D eigenvalue weighted by atomic mass is 9.76. The zero-order chi connectivity index (χ0) is 29.4. The van der Waals surface area contributed by atoms with E-state index in [4.69, 9.17) is 4.98 Å². The van der Waals surface area contributed by atoms with E-state index in [1.54, 1.807) is 0 Å². The molecule has 0 bridgehead atoms. The topological polar surface area (TPSA) is 39.8 Å². The van der Waals surface area contributed by atoms with Crippen LogP contribution >= 0.6 is 0 Å². The summed E-state index contributed by atoms with van der Waals surface area (Å²) in [6, 6.07) is 40.2. The standard InChI is InChI=1S/C39H35N3O/c1-3-15-33-34-22-13-14-23-36(34)42-37(33)25-24-29(38(42)43)26-35-28(2)41(27-40-35)39(30-16-7-4-8-17-30,31-18-9-5-10-19-31)32-20-11-6-12-21-32/h4-14,16-23,26-27H,3,15,24-25H2,1-2H3. The van der Waals surface area contributed by atoms with E-state index in [-0.39, 0.29) is 5.91 Å². The summed E-state index contributed by atoms with van der Waals surface area (Å²) < 4.78 is 4.24. The summed E-state index contributed by atoms with van der Waals surface area (Å²) in [5.74, 6) is 0.0641. The summed E-state index contributed by atoms with van der Waals surface area (Å²) in [4.78, 5) is 19.1. The van der Waals surface area contributed by atoms with E-state index in [1.807, 2.05) is 23.0 Å². The van der Waals surface area contributed by atoms with Crippen molar-refractivity contribution in [2.75, 3.05) is 0 Å². The molecule has 0 spiro atoms. The highest BCUT2D eigenvalue weighted by molar-refractivity contribution is 6.07. The van der Waals surface area contributed by atoms with E-state index in [9.17, 15) is 4.79 Å². The third-order valence-electron chi connectivity index (χ3n) is 8.99. The fourth-order valence-corrected chi connectivity index (χ4v) is 7.04. The van der Waals surface area contributed by atoms with Gasteiger partial charge in [0.1, 0.15) is 5.54 Å². The highest BCUT2D eigenvalue weighted by Crippen LogP contribution is 2.42. The number of allylic oxidation sites excluding steroid dienone is 1. The first-order valence-corrected chi connectivity index (χ1v) is 15.2. The Labute approximate surface area is 253 Å². The van der Waals surface area contributed by atoms with Gasteiger partial charge in [0.25, 0.3) is 5.91 Å². The van der Waals surface area contributed by atoms with Crippen LogP contribution < -0.4 is 0 Å². The predicted molar refractivity (Wildman–Crippen MR) is 174 cm³/mol. The van der Waals surface area contributed by atoms with Crippen molar-refractivity contribution < 1.29 is 4.79 Å². The number of hydrogen-bond acceptors (Lipinski definition) is 2. The number of imidazole rings is 1.